The second-order valence-corrected chi connectivity index (χ2v) is 6.33. The molecule has 0 aliphatic carbocycles. The largest absolute Gasteiger partial charge is 0.353 e. The molecule has 0 bridgehead atoms. The fraction of sp³-hybridized carbons (Fsp3) is 0.389. The number of nitrogens with zero attached hydrogens (tertiary/aromatic N) is 3. The fourth-order valence-corrected chi connectivity index (χ4v) is 2.86. The van der Waals surface area contributed by atoms with E-state index in [-0.39, 0.29) is 11.5 Å². The number of rotatable bonds is 3. The van der Waals surface area contributed by atoms with E-state index >= 15 is 0 Å². The Hall–Kier alpha value is -2.63. The molecule has 126 valence electrons. The van der Waals surface area contributed by atoms with E-state index in [1.807, 2.05) is 34.1 Å². The third kappa shape index (κ3) is 3.48. The zero-order valence-electron chi connectivity index (χ0n) is 14.0. The van der Waals surface area contributed by atoms with Crippen molar-refractivity contribution in [3.8, 4) is 0 Å². The van der Waals surface area contributed by atoms with E-state index in [9.17, 15) is 9.59 Å². The van der Waals surface area contributed by atoms with Crippen molar-refractivity contribution in [2.24, 2.45) is 0 Å². The molecule has 1 saturated heterocycles. The smallest absolute Gasteiger partial charge is 0.253 e. The lowest BCUT2D eigenvalue weighted by atomic mass is 10.0. The Labute approximate surface area is 141 Å². The van der Waals surface area contributed by atoms with E-state index in [1.165, 1.54) is 18.0 Å². The Morgan fingerprint density at radius 1 is 1.12 bits per heavy atom. The quantitative estimate of drug-likeness (QED) is 0.935. The third-order valence-electron chi connectivity index (χ3n) is 4.38. The Morgan fingerprint density at radius 2 is 1.79 bits per heavy atom. The lowest BCUT2D eigenvalue weighted by molar-refractivity contribution is 0.0746. The van der Waals surface area contributed by atoms with E-state index in [0.717, 1.165) is 5.56 Å². The summed E-state index contributed by atoms with van der Waals surface area (Å²) in [5.41, 5.74) is 1.79. The zero-order valence-corrected chi connectivity index (χ0v) is 14.0. The van der Waals surface area contributed by atoms with Gasteiger partial charge in [0.2, 0.25) is 0 Å². The average molecular weight is 326 g/mol. The zero-order chi connectivity index (χ0) is 17.1. The summed E-state index contributed by atoms with van der Waals surface area (Å²) in [6, 6.07) is 9.34. The van der Waals surface area contributed by atoms with E-state index < -0.39 is 0 Å². The maximum atomic E-state index is 12.6. The summed E-state index contributed by atoms with van der Waals surface area (Å²) in [7, 11) is 0. The van der Waals surface area contributed by atoms with Gasteiger partial charge in [0.15, 0.2) is 0 Å². The van der Waals surface area contributed by atoms with E-state index in [4.69, 9.17) is 0 Å². The Morgan fingerprint density at radius 3 is 2.38 bits per heavy atom. The number of carbonyl (C=O) groups excluding carboxylic acids is 1. The highest BCUT2D eigenvalue weighted by molar-refractivity contribution is 5.94. The number of aromatic nitrogens is 2. The first-order valence-corrected chi connectivity index (χ1v) is 8.23. The van der Waals surface area contributed by atoms with Crippen LogP contribution in [0.25, 0.3) is 0 Å². The minimum atomic E-state index is -0.163. The summed E-state index contributed by atoms with van der Waals surface area (Å²) in [6.45, 7) is 6.87. The van der Waals surface area contributed by atoms with Crippen LogP contribution in [0.5, 0.6) is 0 Å². The topological polar surface area (TPSA) is 69.3 Å². The standard InChI is InChI=1S/C18H22N4O2/c1-13(2)14-3-5-15(6-4-14)18(24)22-9-7-21(8-10-22)16-11-17(23)20-12-19-16/h3-6,11-13H,7-10H2,1-2H3,(H,19,20,23). The molecule has 1 fully saturated rings. The van der Waals surface area contributed by atoms with Gasteiger partial charge in [0, 0.05) is 37.8 Å². The number of nitrogens with one attached hydrogen (secondary N) is 1. The highest BCUT2D eigenvalue weighted by atomic mass is 16.2. The van der Waals surface area contributed by atoms with Crippen LogP contribution in [-0.2, 0) is 0 Å². The lowest BCUT2D eigenvalue weighted by Crippen LogP contribution is -2.49. The van der Waals surface area contributed by atoms with Crippen molar-refractivity contribution in [3.05, 3.63) is 58.1 Å². The van der Waals surface area contributed by atoms with Crippen LogP contribution in [-0.4, -0.2) is 47.0 Å². The summed E-state index contributed by atoms with van der Waals surface area (Å²) >= 11 is 0. The maximum absolute atomic E-state index is 12.6. The number of aromatic amines is 1. The number of hydrogen-bond acceptors (Lipinski definition) is 4. The van der Waals surface area contributed by atoms with Gasteiger partial charge in [-0.1, -0.05) is 26.0 Å². The second-order valence-electron chi connectivity index (χ2n) is 6.33. The summed E-state index contributed by atoms with van der Waals surface area (Å²) in [5.74, 6) is 1.18. The molecule has 0 radical (unpaired) electrons. The Bertz CT molecular complexity index is 759. The van der Waals surface area contributed by atoms with E-state index in [2.05, 4.69) is 23.8 Å². The minimum Gasteiger partial charge on any atom is -0.353 e. The van der Waals surface area contributed by atoms with Crippen molar-refractivity contribution in [2.45, 2.75) is 19.8 Å². The first-order valence-electron chi connectivity index (χ1n) is 8.23. The minimum absolute atomic E-state index is 0.0591. The molecule has 3 rings (SSSR count). The van der Waals surface area contributed by atoms with Gasteiger partial charge in [0.1, 0.15) is 5.82 Å². The van der Waals surface area contributed by atoms with Crippen molar-refractivity contribution in [3.63, 3.8) is 0 Å². The van der Waals surface area contributed by atoms with Gasteiger partial charge in [0.05, 0.1) is 6.33 Å². The van der Waals surface area contributed by atoms with Gasteiger partial charge >= 0.3 is 0 Å². The highest BCUT2D eigenvalue weighted by Crippen LogP contribution is 2.17. The number of hydrogen-bond donors (Lipinski definition) is 1. The van der Waals surface area contributed by atoms with Gasteiger partial charge < -0.3 is 14.8 Å². The van der Waals surface area contributed by atoms with Crippen LogP contribution in [0, 0.1) is 0 Å². The molecule has 1 aliphatic rings. The van der Waals surface area contributed by atoms with Gasteiger partial charge in [-0.25, -0.2) is 4.98 Å². The second kappa shape index (κ2) is 6.86. The highest BCUT2D eigenvalue weighted by Gasteiger charge is 2.23. The average Bonchev–Trinajstić information content (AvgIpc) is 2.61. The molecule has 1 N–H and O–H groups in total. The van der Waals surface area contributed by atoms with Crippen LogP contribution in [0.15, 0.2) is 41.5 Å². The molecule has 6 heteroatoms. The van der Waals surface area contributed by atoms with Crippen LogP contribution in [0.3, 0.4) is 0 Å². The van der Waals surface area contributed by atoms with E-state index in [1.54, 1.807) is 0 Å². The molecule has 0 atom stereocenters. The predicted molar refractivity (Wildman–Crippen MR) is 93.5 cm³/mol. The molecule has 2 heterocycles. The maximum Gasteiger partial charge on any atom is 0.253 e. The number of anilines is 1. The van der Waals surface area contributed by atoms with Crippen molar-refractivity contribution in [2.75, 3.05) is 31.1 Å². The number of amides is 1. The van der Waals surface area contributed by atoms with Crippen LogP contribution in [0.1, 0.15) is 35.7 Å². The monoisotopic (exact) mass is 326 g/mol. The molecule has 1 aromatic heterocycles. The summed E-state index contributed by atoms with van der Waals surface area (Å²) in [6.07, 6.45) is 1.41. The fourth-order valence-electron chi connectivity index (χ4n) is 2.86. The van der Waals surface area contributed by atoms with Crippen LogP contribution < -0.4 is 10.5 Å². The molecule has 6 nitrogen and oxygen atoms in total. The molecule has 1 aromatic carbocycles. The molecule has 0 unspecified atom stereocenters. The van der Waals surface area contributed by atoms with Crippen LogP contribution in [0.2, 0.25) is 0 Å². The van der Waals surface area contributed by atoms with Gasteiger partial charge in [-0.3, -0.25) is 9.59 Å². The lowest BCUT2D eigenvalue weighted by Gasteiger charge is -2.35. The Kier molecular flexibility index (Phi) is 4.64. The summed E-state index contributed by atoms with van der Waals surface area (Å²) in [4.78, 5) is 34.6. The summed E-state index contributed by atoms with van der Waals surface area (Å²) in [5, 5.41) is 0. The first kappa shape index (κ1) is 16.2. The van der Waals surface area contributed by atoms with Crippen molar-refractivity contribution >= 4 is 11.7 Å². The number of carbonyl (C=O) groups is 1. The molecule has 1 amide bonds. The van der Waals surface area contributed by atoms with Crippen molar-refractivity contribution in [1.82, 2.24) is 14.9 Å². The third-order valence-corrected chi connectivity index (χ3v) is 4.38. The van der Waals surface area contributed by atoms with Gasteiger partial charge in [-0.2, -0.15) is 0 Å². The predicted octanol–water partition coefficient (Wildman–Crippen LogP) is 1.86. The van der Waals surface area contributed by atoms with E-state index in [0.29, 0.717) is 37.9 Å². The Balaban J connectivity index is 1.63. The van der Waals surface area contributed by atoms with Gasteiger partial charge in [-0.05, 0) is 23.6 Å². The van der Waals surface area contributed by atoms with Crippen molar-refractivity contribution < 1.29 is 4.79 Å². The van der Waals surface area contributed by atoms with Crippen LogP contribution in [0.4, 0.5) is 5.82 Å². The molecule has 0 saturated carbocycles. The number of piperazine rings is 1. The SMILES string of the molecule is CC(C)c1ccc(C(=O)N2CCN(c3cc(=O)[nH]cn3)CC2)cc1. The molecular weight excluding hydrogens is 304 g/mol. The van der Waals surface area contributed by atoms with Crippen LogP contribution >= 0.6 is 0 Å². The number of benzene rings is 1. The number of H-pyrrole nitrogens is 1. The van der Waals surface area contributed by atoms with Crippen molar-refractivity contribution in [1.29, 1.82) is 0 Å². The molecule has 1 aliphatic heterocycles. The van der Waals surface area contributed by atoms with Gasteiger partial charge in [0.25, 0.3) is 11.5 Å². The van der Waals surface area contributed by atoms with Gasteiger partial charge in [-0.15, -0.1) is 0 Å². The normalized spacial score (nSPS) is 15.0. The molecule has 0 spiro atoms. The molecule has 2 aromatic rings. The molecule has 24 heavy (non-hydrogen) atoms. The summed E-state index contributed by atoms with van der Waals surface area (Å²) < 4.78 is 0. The molecular formula is C18H22N4O2. The first-order chi connectivity index (χ1) is 11.5.